The van der Waals surface area contributed by atoms with Crippen LogP contribution < -0.4 is 10.5 Å². The largest absolute Gasteiger partial charge is 0.489 e. The van der Waals surface area contributed by atoms with E-state index in [2.05, 4.69) is 0 Å². The van der Waals surface area contributed by atoms with Gasteiger partial charge in [-0.05, 0) is 43.0 Å². The van der Waals surface area contributed by atoms with E-state index < -0.39 is 15.3 Å². The van der Waals surface area contributed by atoms with Crippen molar-refractivity contribution < 1.29 is 22.3 Å². The molecule has 1 heterocycles. The molecule has 8 heteroatoms. The molecule has 1 fully saturated rings. The molecule has 1 amide bonds. The van der Waals surface area contributed by atoms with Crippen molar-refractivity contribution in [2.24, 2.45) is 17.1 Å². The number of benzene rings is 1. The Bertz CT molecular complexity index is 821. The van der Waals surface area contributed by atoms with E-state index in [4.69, 9.17) is 10.5 Å². The molecule has 1 aliphatic heterocycles. The highest BCUT2D eigenvalue weighted by Crippen LogP contribution is 2.26. The van der Waals surface area contributed by atoms with Crippen LogP contribution in [-0.4, -0.2) is 51.2 Å². The summed E-state index contributed by atoms with van der Waals surface area (Å²) >= 11 is 0. The van der Waals surface area contributed by atoms with Gasteiger partial charge in [0.1, 0.15) is 12.4 Å². The van der Waals surface area contributed by atoms with Crippen molar-refractivity contribution in [1.82, 2.24) is 4.90 Å². The van der Waals surface area contributed by atoms with E-state index in [0.717, 1.165) is 0 Å². The van der Waals surface area contributed by atoms with Crippen LogP contribution in [0.2, 0.25) is 0 Å². The Morgan fingerprint density at radius 2 is 1.83 bits per heavy atom. The van der Waals surface area contributed by atoms with Gasteiger partial charge in [0.15, 0.2) is 9.84 Å². The van der Waals surface area contributed by atoms with Crippen molar-refractivity contribution in [3.63, 3.8) is 0 Å². The van der Waals surface area contributed by atoms with Gasteiger partial charge >= 0.3 is 0 Å². The van der Waals surface area contributed by atoms with Crippen LogP contribution in [0.15, 0.2) is 41.1 Å². The zero-order chi connectivity index (χ0) is 21.7. The lowest BCUT2D eigenvalue weighted by Crippen LogP contribution is -2.44. The number of nitrogens with zero attached hydrogens (tertiary/aromatic N) is 1. The zero-order valence-electron chi connectivity index (χ0n) is 17.4. The summed E-state index contributed by atoms with van der Waals surface area (Å²) in [5.74, 6) is 0.648. The highest BCUT2D eigenvalue weighted by molar-refractivity contribution is 7.91. The minimum Gasteiger partial charge on any atom is -0.489 e. The molecule has 0 spiro atoms. The van der Waals surface area contributed by atoms with Crippen LogP contribution in [0.4, 0.5) is 4.39 Å². The number of halogens is 1. The molecule has 0 bridgehead atoms. The molecule has 2 N–H and O–H groups in total. The molecule has 0 aliphatic carbocycles. The summed E-state index contributed by atoms with van der Waals surface area (Å²) in [6, 6.07) is 6.13. The van der Waals surface area contributed by atoms with Gasteiger partial charge < -0.3 is 15.4 Å². The molecule has 0 unspecified atom stereocenters. The highest BCUT2D eigenvalue weighted by atomic mass is 32.2. The maximum Gasteiger partial charge on any atom is 0.227 e. The standard InChI is InChI=1S/C21H31FN2O4S/c1-21(2,3)20(25)24-10-8-16(9-11-24)15-29(26,27)19-6-4-18(5-7-19)28-14-17(12-22)13-23/h4-7,12,16H,8-11,13-15,23H2,1-3H3. The molecular formula is C21H31FN2O4S. The van der Waals surface area contributed by atoms with Crippen molar-refractivity contribution in [1.29, 1.82) is 0 Å². The lowest BCUT2D eigenvalue weighted by atomic mass is 9.91. The molecule has 162 valence electrons. The summed E-state index contributed by atoms with van der Waals surface area (Å²) in [5.41, 5.74) is 5.27. The summed E-state index contributed by atoms with van der Waals surface area (Å²) < 4.78 is 43.4. The van der Waals surface area contributed by atoms with Crippen LogP contribution in [0.25, 0.3) is 0 Å². The summed E-state index contributed by atoms with van der Waals surface area (Å²) in [4.78, 5) is 14.4. The molecule has 0 atom stereocenters. The van der Waals surface area contributed by atoms with Crippen LogP contribution in [0, 0.1) is 11.3 Å². The SMILES string of the molecule is CC(C)(C)C(=O)N1CCC(CS(=O)(=O)c2ccc(OCC(=CF)CN)cc2)CC1. The number of piperidine rings is 1. The average Bonchev–Trinajstić information content (AvgIpc) is 2.68. The first-order chi connectivity index (χ1) is 13.6. The van der Waals surface area contributed by atoms with E-state index in [0.29, 0.717) is 43.6 Å². The summed E-state index contributed by atoms with van der Waals surface area (Å²) in [6.07, 6.45) is 1.78. The number of carbonyl (C=O) groups is 1. The molecule has 0 aromatic heterocycles. The molecule has 1 saturated heterocycles. The monoisotopic (exact) mass is 426 g/mol. The minimum absolute atomic E-state index is 0.0188. The van der Waals surface area contributed by atoms with Gasteiger partial charge in [-0.3, -0.25) is 4.79 Å². The third-order valence-corrected chi connectivity index (χ3v) is 6.92. The molecular weight excluding hydrogens is 395 g/mol. The van der Waals surface area contributed by atoms with E-state index in [-0.39, 0.29) is 35.6 Å². The Balaban J connectivity index is 1.92. The maximum absolute atomic E-state index is 12.7. The predicted molar refractivity (Wildman–Crippen MR) is 111 cm³/mol. The fraction of sp³-hybridized carbons (Fsp3) is 0.571. The van der Waals surface area contributed by atoms with Gasteiger partial charge in [0, 0.05) is 30.6 Å². The normalized spacial score (nSPS) is 16.7. The topological polar surface area (TPSA) is 89.7 Å². The van der Waals surface area contributed by atoms with Crippen molar-refractivity contribution in [3.05, 3.63) is 36.2 Å². The van der Waals surface area contributed by atoms with Gasteiger partial charge in [-0.15, -0.1) is 0 Å². The Kier molecular flexibility index (Phi) is 7.82. The number of amides is 1. The predicted octanol–water partition coefficient (Wildman–Crippen LogP) is 2.94. The quantitative estimate of drug-likeness (QED) is 0.724. The number of ether oxygens (including phenoxy) is 1. The van der Waals surface area contributed by atoms with Crippen molar-refractivity contribution in [2.75, 3.05) is 32.0 Å². The van der Waals surface area contributed by atoms with Crippen LogP contribution in [-0.2, 0) is 14.6 Å². The summed E-state index contributed by atoms with van der Waals surface area (Å²) in [6.45, 7) is 6.94. The van der Waals surface area contributed by atoms with E-state index in [1.807, 2.05) is 25.7 Å². The third-order valence-electron chi connectivity index (χ3n) is 5.02. The van der Waals surface area contributed by atoms with Crippen molar-refractivity contribution in [2.45, 2.75) is 38.5 Å². The Morgan fingerprint density at radius 3 is 2.31 bits per heavy atom. The number of sulfone groups is 1. The van der Waals surface area contributed by atoms with Gasteiger partial charge in [0.25, 0.3) is 0 Å². The van der Waals surface area contributed by atoms with E-state index in [1.54, 1.807) is 12.1 Å². The second-order valence-corrected chi connectivity index (χ2v) is 10.5. The van der Waals surface area contributed by atoms with Crippen LogP contribution in [0.3, 0.4) is 0 Å². The van der Waals surface area contributed by atoms with Crippen LogP contribution in [0.1, 0.15) is 33.6 Å². The first kappa shape index (κ1) is 23.3. The smallest absolute Gasteiger partial charge is 0.227 e. The summed E-state index contributed by atoms with van der Waals surface area (Å²) in [5, 5.41) is 0. The highest BCUT2D eigenvalue weighted by Gasteiger charge is 2.32. The first-order valence-corrected chi connectivity index (χ1v) is 11.4. The van der Waals surface area contributed by atoms with Gasteiger partial charge in [0.05, 0.1) is 17.0 Å². The number of hydrogen-bond donors (Lipinski definition) is 1. The second-order valence-electron chi connectivity index (χ2n) is 8.50. The molecule has 1 aromatic carbocycles. The second kappa shape index (κ2) is 9.71. The fourth-order valence-corrected chi connectivity index (χ4v) is 4.93. The number of likely N-dealkylation sites (tertiary alicyclic amines) is 1. The molecule has 1 aromatic rings. The lowest BCUT2D eigenvalue weighted by molar-refractivity contribution is -0.140. The molecule has 6 nitrogen and oxygen atoms in total. The number of carbonyl (C=O) groups excluding carboxylic acids is 1. The van der Waals surface area contributed by atoms with Crippen molar-refractivity contribution in [3.8, 4) is 5.75 Å². The maximum atomic E-state index is 12.7. The number of rotatable bonds is 7. The van der Waals surface area contributed by atoms with Crippen LogP contribution >= 0.6 is 0 Å². The molecule has 0 saturated carbocycles. The van der Waals surface area contributed by atoms with Gasteiger partial charge in [-0.25, -0.2) is 12.8 Å². The molecule has 0 radical (unpaired) electrons. The Morgan fingerprint density at radius 1 is 1.24 bits per heavy atom. The first-order valence-electron chi connectivity index (χ1n) is 9.80. The number of hydrogen-bond acceptors (Lipinski definition) is 5. The third kappa shape index (κ3) is 6.54. The van der Waals surface area contributed by atoms with E-state index >= 15 is 0 Å². The van der Waals surface area contributed by atoms with Gasteiger partial charge in [-0.2, -0.15) is 0 Å². The Hall–Kier alpha value is -1.93. The summed E-state index contributed by atoms with van der Waals surface area (Å²) in [7, 11) is -3.43. The molecule has 2 rings (SSSR count). The van der Waals surface area contributed by atoms with Crippen molar-refractivity contribution >= 4 is 15.7 Å². The van der Waals surface area contributed by atoms with Gasteiger partial charge in [0.2, 0.25) is 5.91 Å². The van der Waals surface area contributed by atoms with Gasteiger partial charge in [-0.1, -0.05) is 20.8 Å². The minimum atomic E-state index is -3.43. The van der Waals surface area contributed by atoms with E-state index in [9.17, 15) is 17.6 Å². The Labute approximate surface area is 172 Å². The fourth-order valence-electron chi connectivity index (χ4n) is 3.24. The lowest BCUT2D eigenvalue weighted by Gasteiger charge is -2.35. The average molecular weight is 427 g/mol. The molecule has 1 aliphatic rings. The number of nitrogens with two attached hydrogens (primary N) is 1. The molecule has 29 heavy (non-hydrogen) atoms. The zero-order valence-corrected chi connectivity index (χ0v) is 18.2. The van der Waals surface area contributed by atoms with E-state index in [1.165, 1.54) is 12.1 Å². The van der Waals surface area contributed by atoms with Crippen LogP contribution in [0.5, 0.6) is 5.75 Å².